The SMILES string of the molecule is CNCC1(O)CCC(F)(C(=O)NCc2cccc(C(F)(F)F)c2Cl)c2cccnc21. The molecule has 3 rings (SSSR count). The molecule has 2 unspecified atom stereocenters. The summed E-state index contributed by atoms with van der Waals surface area (Å²) in [7, 11) is 1.63. The van der Waals surface area contributed by atoms with Crippen molar-refractivity contribution in [3.63, 3.8) is 0 Å². The monoisotopic (exact) mass is 445 g/mol. The van der Waals surface area contributed by atoms with Gasteiger partial charge in [-0.05, 0) is 37.6 Å². The van der Waals surface area contributed by atoms with Crippen molar-refractivity contribution in [2.75, 3.05) is 13.6 Å². The topological polar surface area (TPSA) is 74.2 Å². The number of nitrogens with one attached hydrogen (secondary N) is 2. The van der Waals surface area contributed by atoms with Crippen LogP contribution in [0.15, 0.2) is 36.5 Å². The average Bonchev–Trinajstić information content (AvgIpc) is 2.70. The Hall–Kier alpha value is -2.23. The molecule has 1 heterocycles. The maximum Gasteiger partial charge on any atom is 0.417 e. The largest absolute Gasteiger partial charge is 0.417 e. The molecule has 0 saturated heterocycles. The summed E-state index contributed by atoms with van der Waals surface area (Å²) in [5, 5.41) is 15.5. The number of aromatic nitrogens is 1. The van der Waals surface area contributed by atoms with Crippen LogP contribution in [0.1, 0.15) is 35.2 Å². The van der Waals surface area contributed by atoms with Crippen LogP contribution < -0.4 is 10.6 Å². The van der Waals surface area contributed by atoms with Crippen LogP contribution in [0.25, 0.3) is 0 Å². The summed E-state index contributed by atoms with van der Waals surface area (Å²) in [6.45, 7) is -0.266. The van der Waals surface area contributed by atoms with Gasteiger partial charge in [-0.1, -0.05) is 29.8 Å². The van der Waals surface area contributed by atoms with Gasteiger partial charge in [0.15, 0.2) is 0 Å². The molecule has 0 fully saturated rings. The summed E-state index contributed by atoms with van der Waals surface area (Å²) in [5.41, 5.74) is -4.96. The predicted octanol–water partition coefficient (Wildman–Crippen LogP) is 3.44. The quantitative estimate of drug-likeness (QED) is 0.616. The lowest BCUT2D eigenvalue weighted by Crippen LogP contribution is -2.50. The second-order valence-electron chi connectivity index (χ2n) is 7.22. The second-order valence-corrected chi connectivity index (χ2v) is 7.60. The summed E-state index contributed by atoms with van der Waals surface area (Å²) in [4.78, 5) is 16.8. The van der Waals surface area contributed by atoms with Gasteiger partial charge in [0.05, 0.1) is 16.3 Å². The maximum atomic E-state index is 15.8. The van der Waals surface area contributed by atoms with Crippen LogP contribution in [-0.2, 0) is 28.8 Å². The predicted molar refractivity (Wildman–Crippen MR) is 102 cm³/mol. The van der Waals surface area contributed by atoms with E-state index in [1.807, 2.05) is 0 Å². The first kappa shape index (κ1) is 22.5. The number of nitrogens with zero attached hydrogens (tertiary/aromatic N) is 1. The van der Waals surface area contributed by atoms with Crippen molar-refractivity contribution in [2.45, 2.75) is 36.8 Å². The van der Waals surface area contributed by atoms with Crippen LogP contribution >= 0.6 is 11.6 Å². The van der Waals surface area contributed by atoms with Gasteiger partial charge in [-0.2, -0.15) is 13.2 Å². The Morgan fingerprint density at radius 2 is 2.00 bits per heavy atom. The standard InChI is InChI=1S/C20H20ClF4N3O2/c1-26-11-18(30)7-8-19(22,14-6-3-9-27-16(14)18)17(29)28-10-12-4-2-5-13(15(12)21)20(23,24)25/h2-6,9,26,30H,7-8,10-11H2,1H3,(H,28,29). The third-order valence-electron chi connectivity index (χ3n) is 5.21. The van der Waals surface area contributed by atoms with Crippen LogP contribution in [0, 0.1) is 0 Å². The van der Waals surface area contributed by atoms with Gasteiger partial charge in [0, 0.05) is 24.8 Å². The number of fused-ring (bicyclic) bond motifs is 1. The molecule has 1 aliphatic carbocycles. The number of hydrogen-bond acceptors (Lipinski definition) is 4. The number of hydrogen-bond donors (Lipinski definition) is 3. The van der Waals surface area contributed by atoms with Crippen LogP contribution in [0.5, 0.6) is 0 Å². The maximum absolute atomic E-state index is 15.8. The summed E-state index contributed by atoms with van der Waals surface area (Å²) in [6.07, 6.45) is -3.63. The van der Waals surface area contributed by atoms with E-state index in [0.717, 1.165) is 6.07 Å². The van der Waals surface area contributed by atoms with Crippen molar-refractivity contribution < 1.29 is 27.5 Å². The van der Waals surface area contributed by atoms with E-state index >= 15 is 4.39 Å². The number of pyridine rings is 1. The molecule has 162 valence electrons. The summed E-state index contributed by atoms with van der Waals surface area (Å²) in [6, 6.07) is 6.15. The highest BCUT2D eigenvalue weighted by Gasteiger charge is 2.51. The number of halogens is 5. The minimum absolute atomic E-state index is 0.0114. The molecule has 1 aliphatic rings. The van der Waals surface area contributed by atoms with Crippen molar-refractivity contribution >= 4 is 17.5 Å². The number of benzene rings is 1. The summed E-state index contributed by atoms with van der Waals surface area (Å²) in [5.74, 6) is -1.03. The lowest BCUT2D eigenvalue weighted by molar-refractivity contribution is -0.137. The first-order valence-electron chi connectivity index (χ1n) is 9.18. The zero-order chi connectivity index (χ0) is 22.2. The number of amides is 1. The van der Waals surface area contributed by atoms with E-state index < -0.39 is 33.9 Å². The van der Waals surface area contributed by atoms with E-state index in [1.54, 1.807) is 7.05 Å². The molecule has 2 atom stereocenters. The fraction of sp³-hybridized carbons (Fsp3) is 0.400. The van der Waals surface area contributed by atoms with Crippen molar-refractivity contribution in [3.8, 4) is 0 Å². The first-order chi connectivity index (χ1) is 14.0. The third kappa shape index (κ3) is 4.01. The number of carbonyl (C=O) groups excluding carboxylic acids is 1. The lowest BCUT2D eigenvalue weighted by atomic mass is 9.74. The molecule has 5 nitrogen and oxygen atoms in total. The normalized spacial score (nSPS) is 23.7. The van der Waals surface area contributed by atoms with Crippen molar-refractivity contribution in [1.29, 1.82) is 0 Å². The van der Waals surface area contributed by atoms with Crippen LogP contribution in [0.2, 0.25) is 5.02 Å². The van der Waals surface area contributed by atoms with Gasteiger partial charge in [-0.15, -0.1) is 0 Å². The molecule has 3 N–H and O–H groups in total. The van der Waals surface area contributed by atoms with Crippen molar-refractivity contribution in [2.24, 2.45) is 0 Å². The Kier molecular flexibility index (Phi) is 6.08. The van der Waals surface area contributed by atoms with Crippen molar-refractivity contribution in [1.82, 2.24) is 15.6 Å². The van der Waals surface area contributed by atoms with Gasteiger partial charge in [0.25, 0.3) is 5.91 Å². The Morgan fingerprint density at radius 3 is 2.67 bits per heavy atom. The molecule has 10 heteroatoms. The van der Waals surface area contributed by atoms with Gasteiger partial charge in [0.1, 0.15) is 5.60 Å². The number of aliphatic hydroxyl groups is 1. The molecule has 2 aromatic rings. The highest BCUT2D eigenvalue weighted by Crippen LogP contribution is 2.45. The Labute approximate surface area is 175 Å². The van der Waals surface area contributed by atoms with E-state index in [2.05, 4.69) is 15.6 Å². The Bertz CT molecular complexity index is 956. The average molecular weight is 446 g/mol. The Balaban J connectivity index is 1.86. The number of rotatable bonds is 5. The molecule has 0 aliphatic heterocycles. The van der Waals surface area contributed by atoms with E-state index in [4.69, 9.17) is 11.6 Å². The molecular formula is C20H20ClF4N3O2. The molecule has 30 heavy (non-hydrogen) atoms. The molecule has 0 spiro atoms. The highest BCUT2D eigenvalue weighted by atomic mass is 35.5. The smallest absolute Gasteiger partial charge is 0.382 e. The number of alkyl halides is 4. The van der Waals surface area contributed by atoms with Crippen LogP contribution in [0.4, 0.5) is 17.6 Å². The number of likely N-dealkylation sites (N-methyl/N-ethyl adjacent to an activating group) is 1. The fourth-order valence-corrected chi connectivity index (χ4v) is 3.98. The van der Waals surface area contributed by atoms with Gasteiger partial charge < -0.3 is 15.7 Å². The molecule has 0 bridgehead atoms. The fourth-order valence-electron chi connectivity index (χ4n) is 3.68. The zero-order valence-electron chi connectivity index (χ0n) is 16.0. The molecule has 1 aromatic heterocycles. The van der Waals surface area contributed by atoms with Gasteiger partial charge in [0.2, 0.25) is 5.67 Å². The minimum atomic E-state index is -4.65. The highest BCUT2D eigenvalue weighted by molar-refractivity contribution is 6.32. The summed E-state index contributed by atoms with van der Waals surface area (Å²) < 4.78 is 54.9. The summed E-state index contributed by atoms with van der Waals surface area (Å²) >= 11 is 5.84. The number of carbonyl (C=O) groups is 1. The van der Waals surface area contributed by atoms with Crippen molar-refractivity contribution in [3.05, 3.63) is 63.9 Å². The molecule has 1 aromatic carbocycles. The molecule has 0 saturated carbocycles. The third-order valence-corrected chi connectivity index (χ3v) is 5.66. The van der Waals surface area contributed by atoms with E-state index in [0.29, 0.717) is 0 Å². The molecule has 1 amide bonds. The van der Waals surface area contributed by atoms with E-state index in [1.165, 1.54) is 30.5 Å². The molecule has 0 radical (unpaired) electrons. The lowest BCUT2D eigenvalue weighted by Gasteiger charge is -2.39. The second kappa shape index (κ2) is 8.13. The minimum Gasteiger partial charge on any atom is -0.382 e. The zero-order valence-corrected chi connectivity index (χ0v) is 16.7. The van der Waals surface area contributed by atoms with Crippen LogP contribution in [0.3, 0.4) is 0 Å². The van der Waals surface area contributed by atoms with Crippen LogP contribution in [-0.4, -0.2) is 29.6 Å². The van der Waals surface area contributed by atoms with E-state index in [-0.39, 0.29) is 42.8 Å². The van der Waals surface area contributed by atoms with Gasteiger partial charge in [-0.3, -0.25) is 9.78 Å². The van der Waals surface area contributed by atoms with Gasteiger partial charge in [-0.25, -0.2) is 4.39 Å². The van der Waals surface area contributed by atoms with E-state index in [9.17, 15) is 23.1 Å². The molecular weight excluding hydrogens is 426 g/mol. The Morgan fingerprint density at radius 1 is 1.27 bits per heavy atom. The van der Waals surface area contributed by atoms with Gasteiger partial charge >= 0.3 is 6.18 Å². The first-order valence-corrected chi connectivity index (χ1v) is 9.55.